The molecule has 1 unspecified atom stereocenters. The number of aromatic nitrogens is 1. The van der Waals surface area contributed by atoms with E-state index in [9.17, 15) is 5.11 Å². The number of nitrogens with zero attached hydrogens (tertiary/aromatic N) is 1. The van der Waals surface area contributed by atoms with Gasteiger partial charge in [-0.05, 0) is 68.1 Å². The summed E-state index contributed by atoms with van der Waals surface area (Å²) < 4.78 is 10.9. The third-order valence-electron chi connectivity index (χ3n) is 6.15. The molecule has 4 rings (SSSR count). The Balaban J connectivity index is 1.22. The number of aromatic amines is 1. The van der Waals surface area contributed by atoms with Crippen molar-refractivity contribution >= 4 is 10.9 Å². The number of β-amino-alcohol motifs (C(OH)–C–C–N with tert-alkyl or cyclic N) is 1. The second-order valence-electron chi connectivity index (χ2n) is 8.30. The lowest BCUT2D eigenvalue weighted by Crippen LogP contribution is -2.39. The summed E-state index contributed by atoms with van der Waals surface area (Å²) in [6.45, 7) is 5.74. The first-order valence-corrected chi connectivity index (χ1v) is 10.8. The van der Waals surface area contributed by atoms with Gasteiger partial charge < -0.3 is 24.5 Å². The van der Waals surface area contributed by atoms with Crippen LogP contribution in [-0.4, -0.2) is 54.4 Å². The van der Waals surface area contributed by atoms with Crippen LogP contribution in [0.2, 0.25) is 0 Å². The van der Waals surface area contributed by atoms with E-state index in [2.05, 4.69) is 41.1 Å². The van der Waals surface area contributed by atoms with Crippen LogP contribution in [0, 0.1) is 6.92 Å². The van der Waals surface area contributed by atoms with Crippen molar-refractivity contribution in [3.8, 4) is 5.75 Å². The monoisotopic (exact) mass is 408 g/mol. The van der Waals surface area contributed by atoms with E-state index in [0.717, 1.165) is 37.2 Å². The van der Waals surface area contributed by atoms with E-state index in [1.165, 1.54) is 22.2 Å². The minimum Gasteiger partial charge on any atom is -0.497 e. The van der Waals surface area contributed by atoms with E-state index in [1.807, 2.05) is 24.3 Å². The Labute approximate surface area is 178 Å². The highest BCUT2D eigenvalue weighted by molar-refractivity contribution is 5.85. The van der Waals surface area contributed by atoms with Crippen LogP contribution in [0.15, 0.2) is 48.5 Å². The topological polar surface area (TPSA) is 57.7 Å². The first-order chi connectivity index (χ1) is 14.6. The Kier molecular flexibility index (Phi) is 6.72. The summed E-state index contributed by atoms with van der Waals surface area (Å²) in [4.78, 5) is 5.90. The lowest BCUT2D eigenvalue weighted by molar-refractivity contribution is 0.00622. The first kappa shape index (κ1) is 20.9. The van der Waals surface area contributed by atoms with Crippen LogP contribution < -0.4 is 4.74 Å². The van der Waals surface area contributed by atoms with Crippen molar-refractivity contribution in [2.75, 3.05) is 33.4 Å². The second kappa shape index (κ2) is 9.65. The third-order valence-corrected chi connectivity index (χ3v) is 6.15. The van der Waals surface area contributed by atoms with Gasteiger partial charge in [0, 0.05) is 23.1 Å². The number of hydrogen-bond donors (Lipinski definition) is 2. The highest BCUT2D eigenvalue weighted by atomic mass is 16.5. The molecule has 0 bridgehead atoms. The molecule has 1 saturated heterocycles. The number of fused-ring (bicyclic) bond motifs is 1. The molecule has 2 heterocycles. The number of aryl methyl sites for hydroxylation is 1. The number of likely N-dealkylation sites (tertiary alicyclic amines) is 1. The predicted octanol–water partition coefficient (Wildman–Crippen LogP) is 4.24. The van der Waals surface area contributed by atoms with Crippen molar-refractivity contribution in [3.05, 3.63) is 65.4 Å². The minimum atomic E-state index is -0.463. The van der Waals surface area contributed by atoms with Crippen LogP contribution in [0.5, 0.6) is 5.75 Å². The minimum absolute atomic E-state index is 0.355. The SMILES string of the molecule is COc1ccc(COCC(O)CN2CCC(c3c(C)[nH]c4ccccc34)CC2)cc1. The maximum absolute atomic E-state index is 10.4. The quantitative estimate of drug-likeness (QED) is 0.585. The van der Waals surface area contributed by atoms with Gasteiger partial charge in [-0.1, -0.05) is 30.3 Å². The first-order valence-electron chi connectivity index (χ1n) is 10.8. The zero-order valence-corrected chi connectivity index (χ0v) is 17.9. The number of rotatable bonds is 8. The van der Waals surface area contributed by atoms with Crippen molar-refractivity contribution in [3.63, 3.8) is 0 Å². The number of benzene rings is 2. The van der Waals surface area contributed by atoms with Crippen molar-refractivity contribution in [1.82, 2.24) is 9.88 Å². The van der Waals surface area contributed by atoms with Gasteiger partial charge in [-0.2, -0.15) is 0 Å². The Morgan fingerprint density at radius 1 is 1.10 bits per heavy atom. The number of aliphatic hydroxyl groups is 1. The molecule has 0 radical (unpaired) electrons. The van der Waals surface area contributed by atoms with E-state index in [4.69, 9.17) is 9.47 Å². The maximum atomic E-state index is 10.4. The number of nitrogens with one attached hydrogen (secondary N) is 1. The molecule has 0 amide bonds. The van der Waals surface area contributed by atoms with Crippen LogP contribution in [0.25, 0.3) is 10.9 Å². The van der Waals surface area contributed by atoms with Gasteiger partial charge in [0.05, 0.1) is 26.4 Å². The summed E-state index contributed by atoms with van der Waals surface area (Å²) in [7, 11) is 1.66. The summed E-state index contributed by atoms with van der Waals surface area (Å²) in [5.74, 6) is 1.42. The molecule has 1 aliphatic rings. The van der Waals surface area contributed by atoms with Gasteiger partial charge >= 0.3 is 0 Å². The molecule has 2 N–H and O–H groups in total. The molecule has 2 aromatic carbocycles. The summed E-state index contributed by atoms with van der Waals surface area (Å²) in [5, 5.41) is 11.8. The highest BCUT2D eigenvalue weighted by Crippen LogP contribution is 2.35. The number of H-pyrrole nitrogens is 1. The van der Waals surface area contributed by atoms with Crippen LogP contribution in [-0.2, 0) is 11.3 Å². The molecule has 0 aliphatic carbocycles. The molecule has 1 aromatic heterocycles. The highest BCUT2D eigenvalue weighted by Gasteiger charge is 2.25. The van der Waals surface area contributed by atoms with Crippen LogP contribution >= 0.6 is 0 Å². The Morgan fingerprint density at radius 3 is 2.57 bits per heavy atom. The number of methoxy groups -OCH3 is 1. The van der Waals surface area contributed by atoms with Crippen LogP contribution in [0.4, 0.5) is 0 Å². The summed E-state index contributed by atoms with van der Waals surface area (Å²) in [5.41, 5.74) is 5.09. The zero-order chi connectivity index (χ0) is 20.9. The molecular formula is C25H32N2O3. The van der Waals surface area contributed by atoms with Gasteiger partial charge in [0.2, 0.25) is 0 Å². The van der Waals surface area contributed by atoms with Gasteiger partial charge in [-0.3, -0.25) is 0 Å². The largest absolute Gasteiger partial charge is 0.497 e. The molecule has 3 aromatic rings. The Morgan fingerprint density at radius 2 is 1.83 bits per heavy atom. The van der Waals surface area contributed by atoms with Gasteiger partial charge in [-0.25, -0.2) is 0 Å². The van der Waals surface area contributed by atoms with Crippen LogP contribution in [0.3, 0.4) is 0 Å². The van der Waals surface area contributed by atoms with Crippen molar-refractivity contribution in [1.29, 1.82) is 0 Å². The summed E-state index contributed by atoms with van der Waals surface area (Å²) in [6, 6.07) is 16.4. The fraction of sp³-hybridized carbons (Fsp3) is 0.440. The van der Waals surface area contributed by atoms with Gasteiger partial charge in [0.15, 0.2) is 0 Å². The van der Waals surface area contributed by atoms with E-state index < -0.39 is 6.10 Å². The molecule has 5 heteroatoms. The fourth-order valence-corrected chi connectivity index (χ4v) is 4.61. The normalized spacial score (nSPS) is 16.8. The summed E-state index contributed by atoms with van der Waals surface area (Å²) in [6.07, 6.45) is 1.79. The summed E-state index contributed by atoms with van der Waals surface area (Å²) >= 11 is 0. The molecular weight excluding hydrogens is 376 g/mol. The molecule has 160 valence electrons. The fourth-order valence-electron chi connectivity index (χ4n) is 4.61. The van der Waals surface area contributed by atoms with Crippen molar-refractivity contribution < 1.29 is 14.6 Å². The molecule has 1 atom stereocenters. The van der Waals surface area contributed by atoms with E-state index >= 15 is 0 Å². The van der Waals surface area contributed by atoms with Gasteiger partial charge in [0.25, 0.3) is 0 Å². The number of para-hydroxylation sites is 1. The smallest absolute Gasteiger partial charge is 0.118 e. The second-order valence-corrected chi connectivity index (χ2v) is 8.30. The lowest BCUT2D eigenvalue weighted by atomic mass is 9.87. The predicted molar refractivity (Wildman–Crippen MR) is 120 cm³/mol. The Bertz CT molecular complexity index is 943. The molecule has 5 nitrogen and oxygen atoms in total. The maximum Gasteiger partial charge on any atom is 0.118 e. The third kappa shape index (κ3) is 4.86. The van der Waals surface area contributed by atoms with Gasteiger partial charge in [0.1, 0.15) is 5.75 Å². The van der Waals surface area contributed by atoms with E-state index in [0.29, 0.717) is 25.7 Å². The Hall–Kier alpha value is -2.34. The number of hydrogen-bond acceptors (Lipinski definition) is 4. The van der Waals surface area contributed by atoms with E-state index in [1.54, 1.807) is 7.11 Å². The molecule has 1 fully saturated rings. The number of ether oxygens (including phenoxy) is 2. The van der Waals surface area contributed by atoms with E-state index in [-0.39, 0.29) is 0 Å². The van der Waals surface area contributed by atoms with Crippen molar-refractivity contribution in [2.24, 2.45) is 0 Å². The number of aliphatic hydroxyl groups excluding tert-OH is 1. The molecule has 0 saturated carbocycles. The van der Waals surface area contributed by atoms with Gasteiger partial charge in [-0.15, -0.1) is 0 Å². The standard InChI is InChI=1S/C25H32N2O3/c1-18-25(23-5-3-4-6-24(23)26-18)20-11-13-27(14-12-20)15-21(28)17-30-16-19-7-9-22(29-2)10-8-19/h3-10,20-21,26,28H,11-17H2,1-2H3. The number of piperidine rings is 1. The molecule has 0 spiro atoms. The van der Waals surface area contributed by atoms with Crippen LogP contribution in [0.1, 0.15) is 35.6 Å². The zero-order valence-electron chi connectivity index (χ0n) is 17.9. The average Bonchev–Trinajstić information content (AvgIpc) is 3.10. The molecule has 1 aliphatic heterocycles. The van der Waals surface area contributed by atoms with Crippen molar-refractivity contribution in [2.45, 2.75) is 38.4 Å². The molecule has 30 heavy (non-hydrogen) atoms. The lowest BCUT2D eigenvalue weighted by Gasteiger charge is -2.33. The average molecular weight is 409 g/mol.